The van der Waals surface area contributed by atoms with Crippen LogP contribution >= 0.6 is 36.1 Å². The molecule has 0 N–H and O–H groups in total. The van der Waals surface area contributed by atoms with Crippen LogP contribution in [0.2, 0.25) is 0 Å². The fourth-order valence-electron chi connectivity index (χ4n) is 12.5. The fourth-order valence-corrected chi connectivity index (χ4v) is 39.4. The molecule has 6 rings (SSSR count). The van der Waals surface area contributed by atoms with Crippen molar-refractivity contribution in [1.29, 1.82) is 0 Å². The van der Waals surface area contributed by atoms with Crippen molar-refractivity contribution in [3.8, 4) is 0 Å². The first-order valence-electron chi connectivity index (χ1n) is 17.8. The third-order valence-corrected chi connectivity index (χ3v) is 35.6. The monoisotopic (exact) mass is 613 g/mol. The summed E-state index contributed by atoms with van der Waals surface area (Å²) >= 11 is 18.0. The molecule has 0 amide bonds. The molecule has 0 saturated heterocycles. The van der Waals surface area contributed by atoms with Gasteiger partial charge in [-0.15, -0.1) is 0 Å². The van der Waals surface area contributed by atoms with E-state index >= 15 is 0 Å². The van der Waals surface area contributed by atoms with Gasteiger partial charge in [-0.25, -0.2) is 0 Å². The van der Waals surface area contributed by atoms with Crippen LogP contribution in [0.4, 0.5) is 0 Å². The van der Waals surface area contributed by atoms with Crippen molar-refractivity contribution in [3.05, 3.63) is 11.6 Å². The van der Waals surface area contributed by atoms with E-state index in [4.69, 9.17) is 11.6 Å². The number of hydrogen-bond acceptors (Lipinski definition) is 0. The number of rotatable bonds is 9. The molecule has 6 saturated carbocycles. The van der Waals surface area contributed by atoms with E-state index in [1.807, 2.05) is 0 Å². The van der Waals surface area contributed by atoms with Crippen LogP contribution in [0.3, 0.4) is 0 Å². The van der Waals surface area contributed by atoms with Gasteiger partial charge in [-0.1, -0.05) is 0 Å². The van der Waals surface area contributed by atoms with Crippen molar-refractivity contribution in [3.63, 3.8) is 0 Å². The summed E-state index contributed by atoms with van der Waals surface area (Å²) in [6.07, 6.45) is 37.5. The number of alkyl halides is 1. The summed E-state index contributed by atoms with van der Waals surface area (Å²) in [4.78, 5) is 0. The Morgan fingerprint density at radius 1 is 0.615 bits per heavy atom. The first kappa shape index (κ1) is 30.2. The summed E-state index contributed by atoms with van der Waals surface area (Å²) in [6.45, 7) is 4.91. The van der Waals surface area contributed by atoms with E-state index in [0.29, 0.717) is 5.40 Å². The molecule has 0 aromatic heterocycles. The van der Waals surface area contributed by atoms with Crippen LogP contribution in [0.5, 0.6) is 0 Å². The number of halogens is 2. The standard InChI is InChI=1S/C35H61Cl2P2/c1-28(2)27-34(38(29-15-3-4-16-29,30-17-5-6-18-30)31-19-7-8-20-31)39(37,32-21-9-10-22-32,33-23-11-12-24-33)35(36)25-13-14-26-35/h27,29-34H,3-26H2,1-2H3/q+1. The molecule has 0 nitrogen and oxygen atoms in total. The second kappa shape index (κ2) is 11.9. The zero-order valence-electron chi connectivity index (χ0n) is 25.7. The van der Waals surface area contributed by atoms with Crippen LogP contribution in [-0.4, -0.2) is 38.3 Å². The van der Waals surface area contributed by atoms with Gasteiger partial charge in [-0.05, 0) is 0 Å². The third kappa shape index (κ3) is 4.54. The Labute approximate surface area is 253 Å². The Morgan fingerprint density at radius 2 is 0.949 bits per heavy atom. The summed E-state index contributed by atoms with van der Waals surface area (Å²) in [6, 6.07) is 0. The molecule has 0 aromatic carbocycles. The second-order valence-corrected chi connectivity index (χ2v) is 29.1. The van der Waals surface area contributed by atoms with Gasteiger partial charge in [0, 0.05) is 0 Å². The molecule has 0 bridgehead atoms. The van der Waals surface area contributed by atoms with Gasteiger partial charge in [0.2, 0.25) is 0 Å². The molecule has 4 heteroatoms. The van der Waals surface area contributed by atoms with Crippen LogP contribution in [0.1, 0.15) is 168 Å². The van der Waals surface area contributed by atoms with E-state index in [1.54, 1.807) is 5.57 Å². The van der Waals surface area contributed by atoms with Crippen molar-refractivity contribution in [1.82, 2.24) is 0 Å². The van der Waals surface area contributed by atoms with Gasteiger partial charge in [-0.2, -0.15) is 0 Å². The zero-order chi connectivity index (χ0) is 27.2. The maximum atomic E-state index is 9.47. The van der Waals surface area contributed by atoms with E-state index in [-0.39, 0.29) is 4.62 Å². The molecule has 0 radical (unpaired) electrons. The van der Waals surface area contributed by atoms with Gasteiger partial charge in [0.25, 0.3) is 0 Å². The van der Waals surface area contributed by atoms with Gasteiger partial charge in [-0.3, -0.25) is 0 Å². The van der Waals surface area contributed by atoms with E-state index < -0.39 is 13.2 Å². The van der Waals surface area contributed by atoms with Crippen LogP contribution in [0.25, 0.3) is 0 Å². The molecule has 0 aromatic rings. The Morgan fingerprint density at radius 3 is 1.28 bits per heavy atom. The van der Waals surface area contributed by atoms with E-state index in [1.165, 1.54) is 154 Å². The predicted octanol–water partition coefficient (Wildman–Crippen LogP) is 13.2. The minimum atomic E-state index is -2.98. The van der Waals surface area contributed by atoms with E-state index in [0.717, 1.165) is 28.3 Å². The van der Waals surface area contributed by atoms with Crippen LogP contribution in [0.15, 0.2) is 11.6 Å². The topological polar surface area (TPSA) is 0 Å². The van der Waals surface area contributed by atoms with Gasteiger partial charge < -0.3 is 0 Å². The zero-order valence-corrected chi connectivity index (χ0v) is 29.0. The van der Waals surface area contributed by atoms with Crippen molar-refractivity contribution in [2.24, 2.45) is 0 Å². The number of hydrogen-bond donors (Lipinski definition) is 0. The summed E-state index contributed by atoms with van der Waals surface area (Å²) in [5, 5.41) is 0.672. The predicted molar refractivity (Wildman–Crippen MR) is 181 cm³/mol. The molecule has 39 heavy (non-hydrogen) atoms. The van der Waals surface area contributed by atoms with Crippen LogP contribution in [0, 0.1) is 0 Å². The molecule has 0 heterocycles. The average molecular weight is 615 g/mol. The molecule has 0 aliphatic heterocycles. The molecule has 0 spiro atoms. The van der Waals surface area contributed by atoms with Crippen molar-refractivity contribution in [2.45, 2.75) is 206 Å². The number of allylic oxidation sites excluding steroid dienone is 2. The Bertz CT molecular complexity index is 800. The van der Waals surface area contributed by atoms with E-state index in [9.17, 15) is 11.2 Å². The molecule has 1 unspecified atom stereocenters. The summed E-state index contributed by atoms with van der Waals surface area (Å²) < 4.78 is -0.102. The molecular formula is C35H61Cl2P2+. The van der Waals surface area contributed by atoms with Crippen LogP contribution in [-0.2, 0) is 0 Å². The Hall–Kier alpha value is 1.18. The quantitative estimate of drug-likeness (QED) is 0.138. The van der Waals surface area contributed by atoms with Gasteiger partial charge in [0.05, 0.1) is 0 Å². The average Bonchev–Trinajstić information content (AvgIpc) is 3.75. The van der Waals surface area contributed by atoms with Gasteiger partial charge >= 0.3 is 254 Å². The first-order chi connectivity index (χ1) is 18.9. The van der Waals surface area contributed by atoms with Crippen molar-refractivity contribution >= 4 is 36.1 Å². The third-order valence-electron chi connectivity index (χ3n) is 13.7. The van der Waals surface area contributed by atoms with Gasteiger partial charge in [0.15, 0.2) is 0 Å². The van der Waals surface area contributed by atoms with Gasteiger partial charge in [0.1, 0.15) is 0 Å². The summed E-state index contributed by atoms with van der Waals surface area (Å²) in [5.41, 5.74) is 6.04. The Balaban J connectivity index is 1.69. The molecule has 1 atom stereocenters. The second-order valence-electron chi connectivity index (χ2n) is 15.6. The molecule has 6 fully saturated rings. The molecule has 224 valence electrons. The summed E-state index contributed by atoms with van der Waals surface area (Å²) in [5.74, 6) is -2.98. The first-order valence-corrected chi connectivity index (χ1v) is 23.6. The van der Waals surface area contributed by atoms with Crippen molar-refractivity contribution in [2.75, 3.05) is 0 Å². The minimum absolute atomic E-state index is 0.102. The molecule has 6 aliphatic rings. The molecular weight excluding hydrogens is 553 g/mol. The summed E-state index contributed by atoms with van der Waals surface area (Å²) in [7, 11) is -1.42. The Kier molecular flexibility index (Phi) is 9.25. The van der Waals surface area contributed by atoms with Crippen LogP contribution < -0.4 is 0 Å². The normalized spacial score (nSPS) is 30.3. The van der Waals surface area contributed by atoms with Crippen molar-refractivity contribution < 1.29 is 0 Å². The van der Waals surface area contributed by atoms with E-state index in [2.05, 4.69) is 19.9 Å². The fraction of sp³-hybridized carbons (Fsp3) is 0.943. The molecule has 6 aliphatic carbocycles. The SMILES string of the molecule is CC(C)=CC([P+](C1CCCC1)(C1CCCC1)C1CCCC1)P(Cl)(C1CCCC1)(C1CCCC1)C1(Cl)CCCC1. The maximum absolute atomic E-state index is 9.47.